The largest absolute Gasteiger partial charge is 0.394 e. The van der Waals surface area contributed by atoms with Gasteiger partial charge < -0.3 is 30.3 Å². The molecule has 0 aromatic carbocycles. The lowest BCUT2D eigenvalue weighted by Crippen LogP contribution is -2.51. The van der Waals surface area contributed by atoms with Gasteiger partial charge in [-0.3, -0.25) is 0 Å². The van der Waals surface area contributed by atoms with Gasteiger partial charge in [0, 0.05) is 0 Å². The van der Waals surface area contributed by atoms with Gasteiger partial charge in [-0.25, -0.2) is 0 Å². The van der Waals surface area contributed by atoms with Crippen LogP contribution in [-0.4, -0.2) is 62.8 Å². The molecule has 0 spiro atoms. The summed E-state index contributed by atoms with van der Waals surface area (Å²) in [6.45, 7) is -1.35. The van der Waals surface area contributed by atoms with Crippen molar-refractivity contribution in [3.8, 4) is 0 Å². The van der Waals surface area contributed by atoms with Gasteiger partial charge in [-0.05, 0) is 0 Å². The van der Waals surface area contributed by atoms with Crippen LogP contribution in [0, 0.1) is 0 Å². The highest BCUT2D eigenvalue weighted by Crippen LogP contribution is 2.28. The predicted octanol–water partition coefficient (Wildman–Crippen LogP) is -3.22. The van der Waals surface area contributed by atoms with Crippen LogP contribution in [0.2, 0.25) is 0 Å². The summed E-state index contributed by atoms with van der Waals surface area (Å²) in [5.74, 6) is 0. The Morgan fingerprint density at radius 1 is 1.25 bits per heavy atom. The quantitative estimate of drug-likeness (QED) is 0.306. The number of ether oxygens (including phenoxy) is 1. The Kier molecular flexibility index (Phi) is 2.67. The summed E-state index contributed by atoms with van der Waals surface area (Å²) < 4.78 is 4.57. The summed E-state index contributed by atoms with van der Waals surface area (Å²) in [7, 11) is 0. The van der Waals surface area contributed by atoms with Gasteiger partial charge in [0.05, 0.1) is 13.2 Å². The molecule has 6 heteroatoms. The van der Waals surface area contributed by atoms with Crippen LogP contribution in [-0.2, 0) is 4.74 Å². The van der Waals surface area contributed by atoms with Crippen molar-refractivity contribution in [1.29, 1.82) is 0 Å². The molecule has 6 nitrogen and oxygen atoms in total. The van der Waals surface area contributed by atoms with Gasteiger partial charge in [0.1, 0.15) is 12.2 Å². The van der Waals surface area contributed by atoms with E-state index in [9.17, 15) is 10.2 Å². The van der Waals surface area contributed by atoms with Gasteiger partial charge in [0.2, 0.25) is 0 Å². The first-order valence-electron chi connectivity index (χ1n) is 3.52. The lowest BCUT2D eigenvalue weighted by atomic mass is 9.97. The smallest absolute Gasteiger partial charge is 0.189 e. The fourth-order valence-corrected chi connectivity index (χ4v) is 1.14. The lowest BCUT2D eigenvalue weighted by Gasteiger charge is -2.25. The molecule has 0 bridgehead atoms. The second-order valence-corrected chi connectivity index (χ2v) is 2.80. The predicted molar refractivity (Wildman–Crippen MR) is 36.0 cm³/mol. The topological polar surface area (TPSA) is 110 Å². The summed E-state index contributed by atoms with van der Waals surface area (Å²) >= 11 is 0. The maximum Gasteiger partial charge on any atom is 0.189 e. The van der Waals surface area contributed by atoms with E-state index in [1.54, 1.807) is 0 Å². The molecule has 0 unspecified atom stereocenters. The molecule has 0 aromatic rings. The Morgan fingerprint density at radius 3 is 2.08 bits per heavy atom. The summed E-state index contributed by atoms with van der Waals surface area (Å²) in [6.07, 6.45) is -4.21. The van der Waals surface area contributed by atoms with Gasteiger partial charge in [-0.1, -0.05) is 0 Å². The number of hydrogen-bond donors (Lipinski definition) is 5. The number of rotatable bonds is 2. The number of aliphatic hydroxyl groups is 5. The first kappa shape index (κ1) is 9.85. The highest BCUT2D eigenvalue weighted by molar-refractivity contribution is 4.98. The zero-order valence-electron chi connectivity index (χ0n) is 6.29. The molecule has 0 saturated carbocycles. The maximum atomic E-state index is 9.35. The SMILES string of the molecule is OC[C@@H]1O[C@H](O)[C@](O)(CO)[C@H]1O. The van der Waals surface area contributed by atoms with Crippen LogP contribution in [0.1, 0.15) is 0 Å². The van der Waals surface area contributed by atoms with Crippen molar-refractivity contribution in [2.24, 2.45) is 0 Å². The van der Waals surface area contributed by atoms with Crippen LogP contribution < -0.4 is 0 Å². The average Bonchev–Trinajstić information content (AvgIpc) is 2.30. The van der Waals surface area contributed by atoms with Gasteiger partial charge in [0.25, 0.3) is 0 Å². The van der Waals surface area contributed by atoms with Crippen molar-refractivity contribution in [3.05, 3.63) is 0 Å². The van der Waals surface area contributed by atoms with Crippen LogP contribution in [0.15, 0.2) is 0 Å². The standard InChI is InChI=1S/C6H12O6/c7-1-3-4(9)6(11,2-8)5(10)12-3/h3-5,7-11H,1-2H2/t3-,4-,5-,6-/m0/s1. The fraction of sp³-hybridized carbons (Fsp3) is 1.00. The first-order valence-corrected chi connectivity index (χ1v) is 3.52. The Hall–Kier alpha value is -0.240. The summed E-state index contributed by atoms with van der Waals surface area (Å²) in [4.78, 5) is 0. The third-order valence-electron chi connectivity index (χ3n) is 2.03. The van der Waals surface area contributed by atoms with E-state index in [1.807, 2.05) is 0 Å². The number of hydrogen-bond acceptors (Lipinski definition) is 6. The minimum atomic E-state index is -2.09. The van der Waals surface area contributed by atoms with Crippen molar-refractivity contribution in [1.82, 2.24) is 0 Å². The number of aliphatic hydroxyl groups excluding tert-OH is 4. The van der Waals surface area contributed by atoms with Crippen molar-refractivity contribution < 1.29 is 30.3 Å². The Morgan fingerprint density at radius 2 is 1.83 bits per heavy atom. The molecule has 0 aliphatic carbocycles. The molecule has 12 heavy (non-hydrogen) atoms. The van der Waals surface area contributed by atoms with E-state index >= 15 is 0 Å². The van der Waals surface area contributed by atoms with E-state index in [0.29, 0.717) is 0 Å². The zero-order chi connectivity index (χ0) is 9.35. The molecule has 4 atom stereocenters. The molecule has 1 fully saturated rings. The molecule has 1 aliphatic rings. The maximum absolute atomic E-state index is 9.35. The molecule has 0 radical (unpaired) electrons. The molecule has 0 amide bonds. The van der Waals surface area contributed by atoms with Crippen LogP contribution in [0.3, 0.4) is 0 Å². The molecule has 1 saturated heterocycles. The fourth-order valence-electron chi connectivity index (χ4n) is 1.14. The Bertz CT molecular complexity index is 162. The minimum absolute atomic E-state index is 0.527. The van der Waals surface area contributed by atoms with Gasteiger partial charge in [0.15, 0.2) is 11.9 Å². The van der Waals surface area contributed by atoms with Crippen molar-refractivity contribution >= 4 is 0 Å². The molecular formula is C6H12O6. The van der Waals surface area contributed by atoms with Crippen LogP contribution >= 0.6 is 0 Å². The Balaban J connectivity index is 2.76. The molecule has 1 rings (SSSR count). The van der Waals surface area contributed by atoms with Crippen molar-refractivity contribution in [3.63, 3.8) is 0 Å². The van der Waals surface area contributed by atoms with Crippen LogP contribution in [0.4, 0.5) is 0 Å². The van der Waals surface area contributed by atoms with Gasteiger partial charge >= 0.3 is 0 Å². The molecular weight excluding hydrogens is 168 g/mol. The molecule has 72 valence electrons. The normalized spacial score (nSPS) is 48.2. The van der Waals surface area contributed by atoms with Gasteiger partial charge in [-0.2, -0.15) is 0 Å². The zero-order valence-corrected chi connectivity index (χ0v) is 6.29. The van der Waals surface area contributed by atoms with Gasteiger partial charge in [-0.15, -0.1) is 0 Å². The molecule has 1 aliphatic heterocycles. The summed E-state index contributed by atoms with van der Waals surface area (Å²) in [5.41, 5.74) is -2.09. The highest BCUT2D eigenvalue weighted by atomic mass is 16.7. The second-order valence-electron chi connectivity index (χ2n) is 2.80. The molecule has 5 N–H and O–H groups in total. The third kappa shape index (κ3) is 1.22. The molecule has 0 aromatic heterocycles. The van der Waals surface area contributed by atoms with E-state index in [0.717, 1.165) is 0 Å². The van der Waals surface area contributed by atoms with E-state index in [1.165, 1.54) is 0 Å². The summed E-state index contributed by atoms with van der Waals surface area (Å²) in [5, 5.41) is 44.8. The van der Waals surface area contributed by atoms with Crippen molar-refractivity contribution in [2.45, 2.75) is 24.1 Å². The van der Waals surface area contributed by atoms with Crippen LogP contribution in [0.5, 0.6) is 0 Å². The summed E-state index contributed by atoms with van der Waals surface area (Å²) in [6, 6.07) is 0. The van der Waals surface area contributed by atoms with E-state index in [-0.39, 0.29) is 0 Å². The van der Waals surface area contributed by atoms with E-state index in [2.05, 4.69) is 4.74 Å². The van der Waals surface area contributed by atoms with E-state index < -0.39 is 37.3 Å². The average molecular weight is 180 g/mol. The monoisotopic (exact) mass is 180 g/mol. The van der Waals surface area contributed by atoms with E-state index in [4.69, 9.17) is 15.3 Å². The molecule has 1 heterocycles. The third-order valence-corrected chi connectivity index (χ3v) is 2.03. The first-order chi connectivity index (χ1) is 5.56. The van der Waals surface area contributed by atoms with Crippen LogP contribution in [0.25, 0.3) is 0 Å². The minimum Gasteiger partial charge on any atom is -0.394 e. The highest BCUT2D eigenvalue weighted by Gasteiger charge is 2.54. The second kappa shape index (κ2) is 3.25. The Labute approximate surface area is 68.6 Å². The van der Waals surface area contributed by atoms with Crippen molar-refractivity contribution in [2.75, 3.05) is 13.2 Å². The lowest BCUT2D eigenvalue weighted by molar-refractivity contribution is -0.191.